The molecule has 0 heterocycles. The van der Waals surface area contributed by atoms with Gasteiger partial charge in [-0.3, -0.25) is 0 Å². The highest BCUT2D eigenvalue weighted by molar-refractivity contribution is 5.89. The van der Waals surface area contributed by atoms with Gasteiger partial charge >= 0.3 is 5.97 Å². The predicted octanol–water partition coefficient (Wildman–Crippen LogP) is 2.98. The molecule has 1 aromatic rings. The van der Waals surface area contributed by atoms with E-state index in [-0.39, 0.29) is 5.97 Å². The summed E-state index contributed by atoms with van der Waals surface area (Å²) in [6.07, 6.45) is 0.799. The smallest absolute Gasteiger partial charge is 0.338 e. The van der Waals surface area contributed by atoms with Gasteiger partial charge in [0.25, 0.3) is 0 Å². The molecule has 0 saturated carbocycles. The monoisotopic (exact) mass is 204 g/mol. The number of hydrogen-bond acceptors (Lipinski definition) is 2. The number of allylic oxidation sites excluding steroid dienone is 1. The summed E-state index contributed by atoms with van der Waals surface area (Å²) in [6, 6.07) is 7.47. The molecule has 0 N–H and O–H groups in total. The van der Waals surface area contributed by atoms with Crippen LogP contribution in [0.5, 0.6) is 0 Å². The Labute approximate surface area is 90.6 Å². The SMILES string of the molecule is C=C(C)Cc1cccc(C(=O)OCC)c1. The first-order chi connectivity index (χ1) is 7.13. The molecule has 1 aromatic carbocycles. The Morgan fingerprint density at radius 3 is 2.80 bits per heavy atom. The fourth-order valence-corrected chi connectivity index (χ4v) is 1.37. The molecule has 15 heavy (non-hydrogen) atoms. The Kier molecular flexibility index (Phi) is 4.10. The second-order valence-electron chi connectivity index (χ2n) is 3.55. The zero-order chi connectivity index (χ0) is 11.3. The van der Waals surface area contributed by atoms with E-state index in [0.29, 0.717) is 12.2 Å². The lowest BCUT2D eigenvalue weighted by Gasteiger charge is -2.04. The third kappa shape index (κ3) is 3.58. The van der Waals surface area contributed by atoms with Gasteiger partial charge in [-0.15, -0.1) is 0 Å². The van der Waals surface area contributed by atoms with Gasteiger partial charge < -0.3 is 4.74 Å². The van der Waals surface area contributed by atoms with Crippen LogP contribution in [0, 0.1) is 0 Å². The second kappa shape index (κ2) is 5.35. The van der Waals surface area contributed by atoms with Crippen molar-refractivity contribution in [1.82, 2.24) is 0 Å². The maximum absolute atomic E-state index is 11.4. The van der Waals surface area contributed by atoms with E-state index in [4.69, 9.17) is 4.74 Å². The van der Waals surface area contributed by atoms with Gasteiger partial charge in [0.1, 0.15) is 0 Å². The summed E-state index contributed by atoms with van der Waals surface area (Å²) in [7, 11) is 0. The van der Waals surface area contributed by atoms with Crippen LogP contribution in [0.4, 0.5) is 0 Å². The minimum atomic E-state index is -0.263. The van der Waals surface area contributed by atoms with Crippen molar-refractivity contribution in [3.05, 3.63) is 47.5 Å². The van der Waals surface area contributed by atoms with Crippen molar-refractivity contribution in [3.8, 4) is 0 Å². The van der Waals surface area contributed by atoms with Crippen molar-refractivity contribution in [2.24, 2.45) is 0 Å². The number of ether oxygens (including phenoxy) is 1. The summed E-state index contributed by atoms with van der Waals surface area (Å²) in [6.45, 7) is 8.02. The zero-order valence-electron chi connectivity index (χ0n) is 9.25. The molecule has 0 atom stereocenters. The van der Waals surface area contributed by atoms with E-state index in [1.165, 1.54) is 0 Å². The second-order valence-corrected chi connectivity index (χ2v) is 3.55. The summed E-state index contributed by atoms with van der Waals surface area (Å²) in [4.78, 5) is 11.4. The Hall–Kier alpha value is -1.57. The first-order valence-corrected chi connectivity index (χ1v) is 5.04. The van der Waals surface area contributed by atoms with Crippen LogP contribution in [0.2, 0.25) is 0 Å². The molecule has 0 amide bonds. The third-order valence-electron chi connectivity index (χ3n) is 1.94. The van der Waals surface area contributed by atoms with Gasteiger partial charge in [-0.25, -0.2) is 4.79 Å². The lowest BCUT2D eigenvalue weighted by Crippen LogP contribution is -2.04. The molecule has 2 heteroatoms. The average molecular weight is 204 g/mol. The van der Waals surface area contributed by atoms with Crippen molar-refractivity contribution in [3.63, 3.8) is 0 Å². The molecule has 0 fully saturated rings. The molecular formula is C13H16O2. The van der Waals surface area contributed by atoms with Crippen LogP contribution < -0.4 is 0 Å². The number of benzene rings is 1. The summed E-state index contributed by atoms with van der Waals surface area (Å²) in [5.41, 5.74) is 2.78. The summed E-state index contributed by atoms with van der Waals surface area (Å²) in [5, 5.41) is 0. The highest BCUT2D eigenvalue weighted by Crippen LogP contribution is 2.10. The standard InChI is InChI=1S/C13H16O2/c1-4-15-13(14)12-7-5-6-11(9-12)8-10(2)3/h5-7,9H,2,4,8H2,1,3H3. The molecule has 0 aliphatic carbocycles. The van der Waals surface area contributed by atoms with Crippen molar-refractivity contribution in [2.75, 3.05) is 6.61 Å². The summed E-state index contributed by atoms with van der Waals surface area (Å²) >= 11 is 0. The number of hydrogen-bond donors (Lipinski definition) is 0. The van der Waals surface area contributed by atoms with E-state index >= 15 is 0 Å². The molecule has 1 rings (SSSR count). The van der Waals surface area contributed by atoms with Gasteiger partial charge in [0, 0.05) is 0 Å². The number of carbonyl (C=O) groups excluding carboxylic acids is 1. The molecular weight excluding hydrogens is 188 g/mol. The van der Waals surface area contributed by atoms with Gasteiger partial charge in [-0.1, -0.05) is 24.3 Å². The zero-order valence-corrected chi connectivity index (χ0v) is 9.25. The van der Waals surface area contributed by atoms with Crippen LogP contribution >= 0.6 is 0 Å². The number of rotatable bonds is 4. The van der Waals surface area contributed by atoms with E-state index in [2.05, 4.69) is 6.58 Å². The lowest BCUT2D eigenvalue weighted by molar-refractivity contribution is 0.0526. The minimum absolute atomic E-state index is 0.263. The average Bonchev–Trinajstić information content (AvgIpc) is 2.17. The minimum Gasteiger partial charge on any atom is -0.462 e. The molecule has 0 aliphatic rings. The molecule has 80 valence electrons. The van der Waals surface area contributed by atoms with Gasteiger partial charge in [0.05, 0.1) is 12.2 Å². The van der Waals surface area contributed by atoms with E-state index in [1.54, 1.807) is 13.0 Å². The number of esters is 1. The molecule has 0 bridgehead atoms. The quantitative estimate of drug-likeness (QED) is 0.556. The van der Waals surface area contributed by atoms with E-state index in [9.17, 15) is 4.79 Å². The topological polar surface area (TPSA) is 26.3 Å². The van der Waals surface area contributed by atoms with Crippen LogP contribution in [0.3, 0.4) is 0 Å². The molecule has 0 aliphatic heterocycles. The normalized spacial score (nSPS) is 9.73. The highest BCUT2D eigenvalue weighted by Gasteiger charge is 2.06. The molecule has 2 nitrogen and oxygen atoms in total. The van der Waals surface area contributed by atoms with Gasteiger partial charge in [0.2, 0.25) is 0 Å². The lowest BCUT2D eigenvalue weighted by atomic mass is 10.0. The van der Waals surface area contributed by atoms with Crippen LogP contribution in [0.15, 0.2) is 36.4 Å². The molecule has 0 aromatic heterocycles. The van der Waals surface area contributed by atoms with Gasteiger partial charge in [-0.2, -0.15) is 0 Å². The maximum atomic E-state index is 11.4. The van der Waals surface area contributed by atoms with E-state index < -0.39 is 0 Å². The Bertz CT molecular complexity index is 367. The largest absolute Gasteiger partial charge is 0.462 e. The fraction of sp³-hybridized carbons (Fsp3) is 0.308. The number of carbonyl (C=O) groups is 1. The van der Waals surface area contributed by atoms with E-state index in [0.717, 1.165) is 17.6 Å². The van der Waals surface area contributed by atoms with Crippen molar-refractivity contribution in [1.29, 1.82) is 0 Å². The molecule has 0 saturated heterocycles. The Morgan fingerprint density at radius 2 is 2.20 bits per heavy atom. The fourth-order valence-electron chi connectivity index (χ4n) is 1.37. The molecule has 0 unspecified atom stereocenters. The van der Waals surface area contributed by atoms with Crippen molar-refractivity contribution in [2.45, 2.75) is 20.3 Å². The van der Waals surface area contributed by atoms with Crippen molar-refractivity contribution < 1.29 is 9.53 Å². The summed E-state index contributed by atoms with van der Waals surface area (Å²) < 4.78 is 4.93. The van der Waals surface area contributed by atoms with Crippen LogP contribution in [0.1, 0.15) is 29.8 Å². The van der Waals surface area contributed by atoms with E-state index in [1.807, 2.05) is 25.1 Å². The van der Waals surface area contributed by atoms with Crippen LogP contribution in [0.25, 0.3) is 0 Å². The first kappa shape index (κ1) is 11.5. The molecule has 0 radical (unpaired) electrons. The molecule has 0 spiro atoms. The Balaban J connectivity index is 2.82. The first-order valence-electron chi connectivity index (χ1n) is 5.04. The third-order valence-corrected chi connectivity index (χ3v) is 1.94. The summed E-state index contributed by atoms with van der Waals surface area (Å²) in [5.74, 6) is -0.263. The van der Waals surface area contributed by atoms with Crippen molar-refractivity contribution >= 4 is 5.97 Å². The van der Waals surface area contributed by atoms with Gasteiger partial charge in [0.15, 0.2) is 0 Å². The van der Waals surface area contributed by atoms with Gasteiger partial charge in [-0.05, 0) is 38.0 Å². The van der Waals surface area contributed by atoms with Crippen LogP contribution in [-0.2, 0) is 11.2 Å². The Morgan fingerprint density at radius 1 is 1.47 bits per heavy atom. The van der Waals surface area contributed by atoms with Crippen LogP contribution in [-0.4, -0.2) is 12.6 Å². The maximum Gasteiger partial charge on any atom is 0.338 e. The predicted molar refractivity (Wildman–Crippen MR) is 60.9 cm³/mol. The highest BCUT2D eigenvalue weighted by atomic mass is 16.5.